The van der Waals surface area contributed by atoms with Gasteiger partial charge in [-0.3, -0.25) is 9.69 Å². The van der Waals surface area contributed by atoms with Crippen LogP contribution in [0.15, 0.2) is 4.63 Å². The van der Waals surface area contributed by atoms with Crippen molar-refractivity contribution in [2.75, 3.05) is 0 Å². The SMILES string of the molecule is Cc1nonc1CN1C(C(=O)O)CCC2CCCCC21. The highest BCUT2D eigenvalue weighted by Gasteiger charge is 2.41. The second kappa shape index (κ2) is 5.52. The van der Waals surface area contributed by atoms with Gasteiger partial charge in [-0.1, -0.05) is 23.2 Å². The van der Waals surface area contributed by atoms with Crippen LogP contribution in [-0.2, 0) is 11.3 Å². The lowest BCUT2D eigenvalue weighted by Crippen LogP contribution is -2.54. The van der Waals surface area contributed by atoms with Crippen LogP contribution in [0.1, 0.15) is 49.9 Å². The van der Waals surface area contributed by atoms with Crippen molar-refractivity contribution < 1.29 is 14.5 Å². The summed E-state index contributed by atoms with van der Waals surface area (Å²) in [6, 6.07) is -0.0276. The van der Waals surface area contributed by atoms with Crippen molar-refractivity contribution >= 4 is 5.97 Å². The number of carboxylic acid groups (broad SMARTS) is 1. The Labute approximate surface area is 118 Å². The van der Waals surface area contributed by atoms with E-state index in [1.165, 1.54) is 19.3 Å². The lowest BCUT2D eigenvalue weighted by Gasteiger charge is -2.46. The van der Waals surface area contributed by atoms with Crippen LogP contribution in [0.25, 0.3) is 0 Å². The zero-order valence-corrected chi connectivity index (χ0v) is 11.8. The van der Waals surface area contributed by atoms with Crippen LogP contribution >= 0.6 is 0 Å². The molecule has 1 aliphatic heterocycles. The highest BCUT2D eigenvalue weighted by molar-refractivity contribution is 5.73. The maximum Gasteiger partial charge on any atom is 0.320 e. The predicted octanol–water partition coefficient (Wildman–Crippen LogP) is 1.99. The smallest absolute Gasteiger partial charge is 0.320 e. The molecule has 2 aliphatic rings. The van der Waals surface area contributed by atoms with Gasteiger partial charge in [-0.15, -0.1) is 0 Å². The van der Waals surface area contributed by atoms with E-state index in [2.05, 4.69) is 15.2 Å². The minimum Gasteiger partial charge on any atom is -0.480 e. The number of hydrogen-bond donors (Lipinski definition) is 1. The first-order valence-electron chi connectivity index (χ1n) is 7.43. The molecule has 1 saturated heterocycles. The van der Waals surface area contributed by atoms with Crippen molar-refractivity contribution in [3.8, 4) is 0 Å². The molecule has 1 aliphatic carbocycles. The van der Waals surface area contributed by atoms with Crippen LogP contribution in [0.2, 0.25) is 0 Å². The molecule has 6 nitrogen and oxygen atoms in total. The molecule has 3 rings (SSSR count). The molecule has 0 radical (unpaired) electrons. The second-order valence-corrected chi connectivity index (χ2v) is 6.01. The van der Waals surface area contributed by atoms with Gasteiger partial charge in [-0.2, -0.15) is 0 Å². The molecule has 6 heteroatoms. The van der Waals surface area contributed by atoms with Crippen LogP contribution in [0.4, 0.5) is 0 Å². The molecular formula is C14H21N3O3. The van der Waals surface area contributed by atoms with Gasteiger partial charge >= 0.3 is 5.97 Å². The number of aliphatic carboxylic acids is 1. The van der Waals surface area contributed by atoms with Gasteiger partial charge in [-0.25, -0.2) is 4.63 Å². The van der Waals surface area contributed by atoms with Crippen molar-refractivity contribution in [3.63, 3.8) is 0 Å². The molecule has 0 bridgehead atoms. The molecule has 0 spiro atoms. The lowest BCUT2D eigenvalue weighted by molar-refractivity contribution is -0.148. The lowest BCUT2D eigenvalue weighted by atomic mass is 9.76. The molecule has 0 aromatic carbocycles. The maximum atomic E-state index is 11.6. The third-order valence-corrected chi connectivity index (χ3v) is 4.87. The van der Waals surface area contributed by atoms with E-state index in [0.717, 1.165) is 30.7 Å². The Bertz CT molecular complexity index is 488. The van der Waals surface area contributed by atoms with Crippen molar-refractivity contribution in [2.24, 2.45) is 5.92 Å². The Kier molecular flexibility index (Phi) is 3.74. The molecule has 3 atom stereocenters. The van der Waals surface area contributed by atoms with Crippen molar-refractivity contribution in [2.45, 2.75) is 64.1 Å². The van der Waals surface area contributed by atoms with E-state index in [-0.39, 0.29) is 0 Å². The molecule has 1 aromatic heterocycles. The molecule has 1 aromatic rings. The van der Waals surface area contributed by atoms with Crippen LogP contribution in [0.3, 0.4) is 0 Å². The molecule has 3 unspecified atom stereocenters. The predicted molar refractivity (Wildman–Crippen MR) is 71.0 cm³/mol. The Hall–Kier alpha value is -1.43. The van der Waals surface area contributed by atoms with Gasteiger partial charge in [-0.05, 0) is 38.5 Å². The Morgan fingerprint density at radius 2 is 2.10 bits per heavy atom. The van der Waals surface area contributed by atoms with Gasteiger partial charge < -0.3 is 5.11 Å². The number of carboxylic acids is 1. The summed E-state index contributed by atoms with van der Waals surface area (Å²) in [5.41, 5.74) is 1.52. The average Bonchev–Trinajstić information content (AvgIpc) is 2.84. The number of fused-ring (bicyclic) bond motifs is 1. The minimum atomic E-state index is -0.719. The number of carbonyl (C=O) groups is 1. The monoisotopic (exact) mass is 279 g/mol. The van der Waals surface area contributed by atoms with Gasteiger partial charge in [0, 0.05) is 12.6 Å². The number of likely N-dealkylation sites (tertiary alicyclic amines) is 1. The normalized spacial score (nSPS) is 30.9. The van der Waals surface area contributed by atoms with Gasteiger partial charge in [0.1, 0.15) is 17.4 Å². The van der Waals surface area contributed by atoms with Crippen LogP contribution in [0.5, 0.6) is 0 Å². The highest BCUT2D eigenvalue weighted by Crippen LogP contribution is 2.38. The summed E-state index contributed by atoms with van der Waals surface area (Å²) in [6.07, 6.45) is 6.56. The van der Waals surface area contributed by atoms with E-state index >= 15 is 0 Å². The Morgan fingerprint density at radius 3 is 2.80 bits per heavy atom. The van der Waals surface area contributed by atoms with E-state index in [9.17, 15) is 9.90 Å². The standard InChI is InChI=1S/C14H21N3O3/c1-9-11(16-20-15-9)8-17-12-5-3-2-4-10(12)6-7-13(17)14(18)19/h10,12-13H,2-8H2,1H3,(H,18,19). The Balaban J connectivity index is 1.84. The number of nitrogens with zero attached hydrogens (tertiary/aromatic N) is 3. The zero-order chi connectivity index (χ0) is 14.1. The van der Waals surface area contributed by atoms with Gasteiger partial charge in [0.25, 0.3) is 0 Å². The third kappa shape index (κ3) is 2.44. The summed E-state index contributed by atoms with van der Waals surface area (Å²) in [5, 5.41) is 17.2. The first-order valence-corrected chi connectivity index (χ1v) is 7.43. The average molecular weight is 279 g/mol. The number of piperidine rings is 1. The van der Waals surface area contributed by atoms with Crippen molar-refractivity contribution in [1.29, 1.82) is 0 Å². The first-order chi connectivity index (χ1) is 9.66. The van der Waals surface area contributed by atoms with Crippen molar-refractivity contribution in [3.05, 3.63) is 11.4 Å². The maximum absolute atomic E-state index is 11.6. The number of hydrogen-bond acceptors (Lipinski definition) is 5. The van der Waals surface area contributed by atoms with E-state index in [0.29, 0.717) is 18.5 Å². The minimum absolute atomic E-state index is 0.370. The third-order valence-electron chi connectivity index (χ3n) is 4.87. The van der Waals surface area contributed by atoms with E-state index in [1.54, 1.807) is 0 Å². The fourth-order valence-corrected chi connectivity index (χ4v) is 3.79. The molecule has 2 heterocycles. The largest absolute Gasteiger partial charge is 0.480 e. The van der Waals surface area contributed by atoms with Crippen LogP contribution in [0, 0.1) is 12.8 Å². The van der Waals surface area contributed by atoms with Gasteiger partial charge in [0.2, 0.25) is 0 Å². The van der Waals surface area contributed by atoms with E-state index < -0.39 is 12.0 Å². The second-order valence-electron chi connectivity index (χ2n) is 6.01. The van der Waals surface area contributed by atoms with Crippen LogP contribution < -0.4 is 0 Å². The van der Waals surface area contributed by atoms with Crippen LogP contribution in [-0.4, -0.2) is 38.4 Å². The number of aromatic nitrogens is 2. The molecule has 2 fully saturated rings. The first kappa shape index (κ1) is 13.5. The Morgan fingerprint density at radius 1 is 1.30 bits per heavy atom. The summed E-state index contributed by atoms with van der Waals surface area (Å²) < 4.78 is 4.74. The summed E-state index contributed by atoms with van der Waals surface area (Å²) in [4.78, 5) is 13.7. The van der Waals surface area contributed by atoms with Gasteiger partial charge in [0.05, 0.1) is 0 Å². The fraction of sp³-hybridized carbons (Fsp3) is 0.786. The molecule has 20 heavy (non-hydrogen) atoms. The van der Waals surface area contributed by atoms with E-state index in [4.69, 9.17) is 4.63 Å². The molecule has 1 N–H and O–H groups in total. The number of aryl methyl sites for hydroxylation is 1. The summed E-state index contributed by atoms with van der Waals surface area (Å²) >= 11 is 0. The van der Waals surface area contributed by atoms with E-state index in [1.807, 2.05) is 6.92 Å². The topological polar surface area (TPSA) is 79.5 Å². The van der Waals surface area contributed by atoms with Gasteiger partial charge in [0.15, 0.2) is 0 Å². The quantitative estimate of drug-likeness (QED) is 0.911. The summed E-state index contributed by atoms with van der Waals surface area (Å²) in [7, 11) is 0. The molecular weight excluding hydrogens is 258 g/mol. The molecule has 1 saturated carbocycles. The summed E-state index contributed by atoms with van der Waals surface area (Å²) in [5.74, 6) is -0.0809. The fourth-order valence-electron chi connectivity index (χ4n) is 3.79. The molecule has 0 amide bonds. The van der Waals surface area contributed by atoms with Crippen molar-refractivity contribution in [1.82, 2.24) is 15.2 Å². The zero-order valence-electron chi connectivity index (χ0n) is 11.8. The summed E-state index contributed by atoms with van der Waals surface area (Å²) in [6.45, 7) is 2.39. The highest BCUT2D eigenvalue weighted by atomic mass is 16.6. The number of rotatable bonds is 3. The molecule has 110 valence electrons.